The highest BCUT2D eigenvalue weighted by atomic mass is 35.5. The average Bonchev–Trinajstić information content (AvgIpc) is 3.24. The number of aliphatic carboxylic acids is 1. The maximum atomic E-state index is 12.7. The molecule has 1 aromatic heterocycles. The smallest absolute Gasteiger partial charge is 0.334 e. The second kappa shape index (κ2) is 9.43. The van der Waals surface area contributed by atoms with Crippen molar-refractivity contribution in [2.24, 2.45) is 0 Å². The van der Waals surface area contributed by atoms with Crippen molar-refractivity contribution in [3.05, 3.63) is 70.9 Å². The van der Waals surface area contributed by atoms with E-state index in [2.05, 4.69) is 15.5 Å². The summed E-state index contributed by atoms with van der Waals surface area (Å²) in [7, 11) is 1.53. The number of carbonyl (C=O) groups is 2. The summed E-state index contributed by atoms with van der Waals surface area (Å²) in [4.78, 5) is 24.0. The standard InChI is InChI=1S/C21H20ClN3O5/c1-30-18-9-5-3-7-13(18)15-11-17(25-24-15)20(27)23-16(19(26)21(28)29)10-12-6-2-4-8-14(12)22/h2-9,11,16,19,26H,10H2,1H3,(H,23,27)(H,24,25)(H,28,29)/t16-,19-/m1/s1. The number of methoxy groups -OCH3 is 1. The Hall–Kier alpha value is -3.36. The molecule has 0 saturated heterocycles. The van der Waals surface area contributed by atoms with E-state index in [-0.39, 0.29) is 12.1 Å². The number of benzene rings is 2. The van der Waals surface area contributed by atoms with Gasteiger partial charge in [-0.1, -0.05) is 41.9 Å². The van der Waals surface area contributed by atoms with Gasteiger partial charge in [0.2, 0.25) is 0 Å². The number of nitrogens with zero attached hydrogens (tertiary/aromatic N) is 1. The van der Waals surface area contributed by atoms with Gasteiger partial charge in [-0.15, -0.1) is 0 Å². The van der Waals surface area contributed by atoms with Gasteiger partial charge < -0.3 is 20.3 Å². The first kappa shape index (κ1) is 21.4. The number of para-hydroxylation sites is 1. The summed E-state index contributed by atoms with van der Waals surface area (Å²) in [5.41, 5.74) is 1.88. The fourth-order valence-corrected chi connectivity index (χ4v) is 3.21. The van der Waals surface area contributed by atoms with E-state index in [0.29, 0.717) is 27.6 Å². The first-order chi connectivity index (χ1) is 14.4. The third kappa shape index (κ3) is 4.79. The highest BCUT2D eigenvalue weighted by molar-refractivity contribution is 6.31. The van der Waals surface area contributed by atoms with Gasteiger partial charge in [0.15, 0.2) is 6.10 Å². The van der Waals surface area contributed by atoms with Gasteiger partial charge in [0.05, 0.1) is 18.8 Å². The van der Waals surface area contributed by atoms with Crippen LogP contribution in [-0.2, 0) is 11.2 Å². The number of aliphatic hydroxyl groups excluding tert-OH is 1. The van der Waals surface area contributed by atoms with Crippen molar-refractivity contribution in [1.82, 2.24) is 15.5 Å². The monoisotopic (exact) mass is 429 g/mol. The molecule has 0 fully saturated rings. The van der Waals surface area contributed by atoms with Crippen LogP contribution in [0.25, 0.3) is 11.3 Å². The van der Waals surface area contributed by atoms with Crippen LogP contribution in [0.5, 0.6) is 5.75 Å². The first-order valence-electron chi connectivity index (χ1n) is 9.04. The van der Waals surface area contributed by atoms with Gasteiger partial charge >= 0.3 is 5.97 Å². The van der Waals surface area contributed by atoms with Crippen molar-refractivity contribution in [1.29, 1.82) is 0 Å². The van der Waals surface area contributed by atoms with Crippen LogP contribution in [0.4, 0.5) is 0 Å². The second-order valence-corrected chi connectivity index (χ2v) is 6.93. The third-order valence-corrected chi connectivity index (χ3v) is 4.92. The number of hydrogen-bond acceptors (Lipinski definition) is 5. The molecule has 3 rings (SSSR count). The number of halogens is 1. The maximum absolute atomic E-state index is 12.7. The predicted molar refractivity (Wildman–Crippen MR) is 111 cm³/mol. The van der Waals surface area contributed by atoms with Gasteiger partial charge in [0.1, 0.15) is 11.4 Å². The molecule has 0 saturated carbocycles. The summed E-state index contributed by atoms with van der Waals surface area (Å²) in [6, 6.07) is 14.4. The Morgan fingerprint density at radius 3 is 2.60 bits per heavy atom. The van der Waals surface area contributed by atoms with Gasteiger partial charge in [0, 0.05) is 10.6 Å². The van der Waals surface area contributed by atoms with E-state index >= 15 is 0 Å². The summed E-state index contributed by atoms with van der Waals surface area (Å²) in [5.74, 6) is -1.47. The molecule has 0 aliphatic heterocycles. The highest BCUT2D eigenvalue weighted by Crippen LogP contribution is 2.28. The number of amides is 1. The first-order valence-corrected chi connectivity index (χ1v) is 9.42. The Balaban J connectivity index is 1.81. The molecule has 0 bridgehead atoms. The van der Waals surface area contributed by atoms with E-state index < -0.39 is 24.0 Å². The summed E-state index contributed by atoms with van der Waals surface area (Å²) in [5, 5.41) is 29.0. The minimum absolute atomic E-state index is 0.0341. The van der Waals surface area contributed by atoms with Crippen LogP contribution in [0, 0.1) is 0 Å². The quantitative estimate of drug-likeness (QED) is 0.436. The topological polar surface area (TPSA) is 125 Å². The molecular weight excluding hydrogens is 410 g/mol. The number of aliphatic hydroxyl groups is 1. The zero-order chi connectivity index (χ0) is 21.7. The number of rotatable bonds is 8. The number of carboxylic acids is 1. The minimum atomic E-state index is -1.82. The van der Waals surface area contributed by atoms with Crippen LogP contribution in [0.1, 0.15) is 16.1 Å². The number of aromatic amines is 1. The van der Waals surface area contributed by atoms with E-state index in [1.54, 1.807) is 36.4 Å². The highest BCUT2D eigenvalue weighted by Gasteiger charge is 2.29. The summed E-state index contributed by atoms with van der Waals surface area (Å²) in [6.45, 7) is 0. The number of carboxylic acid groups (broad SMARTS) is 1. The molecule has 8 nitrogen and oxygen atoms in total. The third-order valence-electron chi connectivity index (χ3n) is 4.55. The lowest BCUT2D eigenvalue weighted by atomic mass is 10.0. The van der Waals surface area contributed by atoms with Crippen LogP contribution in [0.3, 0.4) is 0 Å². The Kier molecular flexibility index (Phi) is 6.71. The summed E-state index contributed by atoms with van der Waals surface area (Å²) in [6.07, 6.45) is -1.78. The van der Waals surface area contributed by atoms with E-state index in [1.807, 2.05) is 12.1 Å². The van der Waals surface area contributed by atoms with Crippen molar-refractivity contribution < 1.29 is 24.5 Å². The van der Waals surface area contributed by atoms with Crippen molar-refractivity contribution in [2.45, 2.75) is 18.6 Å². The zero-order valence-corrected chi connectivity index (χ0v) is 16.8. The number of carbonyl (C=O) groups excluding carboxylic acids is 1. The molecule has 9 heteroatoms. The largest absolute Gasteiger partial charge is 0.496 e. The Labute approximate surface area is 177 Å². The van der Waals surface area contributed by atoms with Crippen LogP contribution in [0.2, 0.25) is 5.02 Å². The fraction of sp³-hybridized carbons (Fsp3) is 0.190. The maximum Gasteiger partial charge on any atom is 0.334 e. The molecule has 2 aromatic carbocycles. The number of hydrogen-bond donors (Lipinski definition) is 4. The number of nitrogens with one attached hydrogen (secondary N) is 2. The van der Waals surface area contributed by atoms with Crippen LogP contribution in [-0.4, -0.2) is 51.5 Å². The van der Waals surface area contributed by atoms with Crippen LogP contribution in [0.15, 0.2) is 54.6 Å². The Bertz CT molecular complexity index is 1050. The molecule has 0 aliphatic rings. The van der Waals surface area contributed by atoms with E-state index in [0.717, 1.165) is 0 Å². The number of H-pyrrole nitrogens is 1. The van der Waals surface area contributed by atoms with Crippen LogP contribution < -0.4 is 10.1 Å². The molecule has 2 atom stereocenters. The average molecular weight is 430 g/mol. The predicted octanol–water partition coefficient (Wildman–Crippen LogP) is 2.53. The lowest BCUT2D eigenvalue weighted by Crippen LogP contribution is -2.48. The van der Waals surface area contributed by atoms with Crippen molar-refractivity contribution >= 4 is 23.5 Å². The molecule has 0 radical (unpaired) electrons. The van der Waals surface area contributed by atoms with Gasteiger partial charge in [0.25, 0.3) is 5.91 Å². The lowest BCUT2D eigenvalue weighted by Gasteiger charge is -2.21. The minimum Gasteiger partial charge on any atom is -0.496 e. The molecular formula is C21H20ClN3O5. The molecule has 3 aromatic rings. The van der Waals surface area contributed by atoms with Gasteiger partial charge in [-0.3, -0.25) is 9.89 Å². The van der Waals surface area contributed by atoms with Crippen molar-refractivity contribution in [2.75, 3.05) is 7.11 Å². The molecule has 4 N–H and O–H groups in total. The lowest BCUT2D eigenvalue weighted by molar-refractivity contribution is -0.148. The second-order valence-electron chi connectivity index (χ2n) is 6.53. The van der Waals surface area contributed by atoms with Gasteiger partial charge in [-0.2, -0.15) is 5.10 Å². The SMILES string of the molecule is COc1ccccc1-c1cc(C(=O)N[C@H](Cc2ccccc2Cl)[C@@H](O)C(=O)O)[nH]n1. The van der Waals surface area contributed by atoms with E-state index in [9.17, 15) is 19.8 Å². The van der Waals surface area contributed by atoms with E-state index in [4.69, 9.17) is 16.3 Å². The van der Waals surface area contributed by atoms with Crippen molar-refractivity contribution in [3.8, 4) is 17.0 Å². The summed E-state index contributed by atoms with van der Waals surface area (Å²) < 4.78 is 5.30. The molecule has 0 spiro atoms. The Morgan fingerprint density at radius 2 is 1.90 bits per heavy atom. The van der Waals surface area contributed by atoms with E-state index in [1.165, 1.54) is 13.2 Å². The number of ether oxygens (including phenoxy) is 1. The van der Waals surface area contributed by atoms with Gasteiger partial charge in [-0.05, 0) is 36.2 Å². The fourth-order valence-electron chi connectivity index (χ4n) is 2.99. The summed E-state index contributed by atoms with van der Waals surface area (Å²) >= 11 is 6.14. The number of aromatic nitrogens is 2. The van der Waals surface area contributed by atoms with Crippen LogP contribution >= 0.6 is 11.6 Å². The Morgan fingerprint density at radius 1 is 1.20 bits per heavy atom. The molecule has 156 valence electrons. The molecule has 1 heterocycles. The molecule has 0 aliphatic carbocycles. The molecule has 30 heavy (non-hydrogen) atoms. The van der Waals surface area contributed by atoms with Crippen molar-refractivity contribution in [3.63, 3.8) is 0 Å². The van der Waals surface area contributed by atoms with Gasteiger partial charge in [-0.25, -0.2) is 4.79 Å². The normalized spacial score (nSPS) is 12.8. The molecule has 1 amide bonds. The zero-order valence-electron chi connectivity index (χ0n) is 16.0. The molecule has 0 unspecified atom stereocenters.